The van der Waals surface area contributed by atoms with Crippen LogP contribution in [0.4, 0.5) is 10.1 Å². The molecule has 0 saturated carbocycles. The summed E-state index contributed by atoms with van der Waals surface area (Å²) in [6, 6.07) is 11.3. The lowest BCUT2D eigenvalue weighted by Gasteiger charge is -2.21. The lowest BCUT2D eigenvalue weighted by Crippen LogP contribution is -2.19. The number of carbonyl (C=O) groups is 1. The SMILES string of the molecule is CCc1c(C(=O)Nc2cccc3c2OCCO3)cnn1-c1ccc(F)cc1. The molecule has 0 aliphatic carbocycles. The van der Waals surface area contributed by atoms with Gasteiger partial charge >= 0.3 is 0 Å². The fraction of sp³-hybridized carbons (Fsp3) is 0.200. The van der Waals surface area contributed by atoms with E-state index >= 15 is 0 Å². The van der Waals surface area contributed by atoms with E-state index in [4.69, 9.17) is 9.47 Å². The number of benzene rings is 2. The highest BCUT2D eigenvalue weighted by molar-refractivity contribution is 6.06. The first-order valence-electron chi connectivity index (χ1n) is 8.70. The first-order chi connectivity index (χ1) is 13.2. The Labute approximate surface area is 155 Å². The maximum atomic E-state index is 13.2. The van der Waals surface area contributed by atoms with Gasteiger partial charge in [-0.2, -0.15) is 5.10 Å². The summed E-state index contributed by atoms with van der Waals surface area (Å²) in [4.78, 5) is 12.9. The Morgan fingerprint density at radius 1 is 1.19 bits per heavy atom. The predicted molar refractivity (Wildman–Crippen MR) is 98.3 cm³/mol. The van der Waals surface area contributed by atoms with E-state index in [1.165, 1.54) is 18.3 Å². The van der Waals surface area contributed by atoms with Crippen molar-refractivity contribution < 1.29 is 18.7 Å². The van der Waals surface area contributed by atoms with Crippen LogP contribution in [0.5, 0.6) is 11.5 Å². The second kappa shape index (κ2) is 7.11. The molecule has 7 heteroatoms. The van der Waals surface area contributed by atoms with E-state index in [0.717, 1.165) is 5.69 Å². The van der Waals surface area contributed by atoms with E-state index < -0.39 is 0 Å². The molecule has 0 radical (unpaired) electrons. The van der Waals surface area contributed by atoms with E-state index in [-0.39, 0.29) is 11.7 Å². The van der Waals surface area contributed by atoms with Crippen molar-refractivity contribution in [3.8, 4) is 17.2 Å². The number of nitrogens with one attached hydrogen (secondary N) is 1. The number of amides is 1. The van der Waals surface area contributed by atoms with E-state index in [1.54, 1.807) is 35.0 Å². The van der Waals surface area contributed by atoms with Crippen LogP contribution in [0.25, 0.3) is 5.69 Å². The number of fused-ring (bicyclic) bond motifs is 1. The largest absolute Gasteiger partial charge is 0.486 e. The molecule has 138 valence electrons. The smallest absolute Gasteiger partial charge is 0.259 e. The van der Waals surface area contributed by atoms with Gasteiger partial charge in [0, 0.05) is 0 Å². The standard InChI is InChI=1S/C20H18FN3O3/c1-2-17-15(12-22-24(17)14-8-6-13(21)7-9-14)20(25)23-16-4-3-5-18-19(16)27-11-10-26-18/h3-9,12H,2,10-11H2,1H3,(H,23,25). The topological polar surface area (TPSA) is 65.4 Å². The van der Waals surface area contributed by atoms with Crippen LogP contribution in [-0.2, 0) is 6.42 Å². The number of aromatic nitrogens is 2. The summed E-state index contributed by atoms with van der Waals surface area (Å²) in [6.07, 6.45) is 2.11. The van der Waals surface area contributed by atoms with Gasteiger partial charge in [-0.15, -0.1) is 0 Å². The highest BCUT2D eigenvalue weighted by Crippen LogP contribution is 2.37. The van der Waals surface area contributed by atoms with Crippen molar-refractivity contribution in [1.29, 1.82) is 0 Å². The average molecular weight is 367 g/mol. The number of carbonyl (C=O) groups excluding carboxylic acids is 1. The summed E-state index contributed by atoms with van der Waals surface area (Å²) < 4.78 is 26.0. The number of nitrogens with zero attached hydrogens (tertiary/aromatic N) is 2. The summed E-state index contributed by atoms with van der Waals surface area (Å²) in [5.74, 6) is 0.527. The first-order valence-corrected chi connectivity index (χ1v) is 8.70. The maximum absolute atomic E-state index is 13.2. The summed E-state index contributed by atoms with van der Waals surface area (Å²) in [5, 5.41) is 7.19. The molecule has 0 bridgehead atoms. The number of hydrogen-bond donors (Lipinski definition) is 1. The van der Waals surface area contributed by atoms with Crippen molar-refractivity contribution in [2.45, 2.75) is 13.3 Å². The summed E-state index contributed by atoms with van der Waals surface area (Å²) in [7, 11) is 0. The predicted octanol–water partition coefficient (Wildman–Crippen LogP) is 3.60. The van der Waals surface area contributed by atoms with Gasteiger partial charge in [-0.25, -0.2) is 9.07 Å². The van der Waals surface area contributed by atoms with E-state index in [0.29, 0.717) is 48.1 Å². The van der Waals surface area contributed by atoms with Crippen molar-refractivity contribution in [3.63, 3.8) is 0 Å². The molecule has 0 atom stereocenters. The molecule has 6 nitrogen and oxygen atoms in total. The quantitative estimate of drug-likeness (QED) is 0.765. The second-order valence-corrected chi connectivity index (χ2v) is 6.03. The normalized spacial score (nSPS) is 12.7. The summed E-state index contributed by atoms with van der Waals surface area (Å²) >= 11 is 0. The van der Waals surface area contributed by atoms with Gasteiger partial charge in [0.1, 0.15) is 19.0 Å². The Hall–Kier alpha value is -3.35. The van der Waals surface area contributed by atoms with Crippen LogP contribution in [0, 0.1) is 5.82 Å². The molecule has 2 heterocycles. The molecule has 1 N–H and O–H groups in total. The zero-order valence-electron chi connectivity index (χ0n) is 14.7. The molecular weight excluding hydrogens is 349 g/mol. The fourth-order valence-corrected chi connectivity index (χ4v) is 3.07. The Bertz CT molecular complexity index is 983. The highest BCUT2D eigenvalue weighted by atomic mass is 19.1. The highest BCUT2D eigenvalue weighted by Gasteiger charge is 2.21. The monoisotopic (exact) mass is 367 g/mol. The first kappa shape index (κ1) is 17.1. The molecule has 2 aromatic carbocycles. The third-order valence-corrected chi connectivity index (χ3v) is 4.33. The number of para-hydroxylation sites is 1. The van der Waals surface area contributed by atoms with Gasteiger partial charge in [-0.1, -0.05) is 13.0 Å². The van der Waals surface area contributed by atoms with E-state index in [2.05, 4.69) is 10.4 Å². The minimum absolute atomic E-state index is 0.289. The number of halogens is 1. The van der Waals surface area contributed by atoms with Crippen molar-refractivity contribution in [2.75, 3.05) is 18.5 Å². The van der Waals surface area contributed by atoms with Crippen molar-refractivity contribution >= 4 is 11.6 Å². The number of rotatable bonds is 4. The number of ether oxygens (including phenoxy) is 2. The fourth-order valence-electron chi connectivity index (χ4n) is 3.07. The van der Waals surface area contributed by atoms with E-state index in [9.17, 15) is 9.18 Å². The molecule has 0 spiro atoms. The van der Waals surface area contributed by atoms with Crippen LogP contribution >= 0.6 is 0 Å². The molecule has 1 aliphatic rings. The summed E-state index contributed by atoms with van der Waals surface area (Å²) in [6.45, 7) is 2.85. The van der Waals surface area contributed by atoms with E-state index in [1.807, 2.05) is 6.92 Å². The van der Waals surface area contributed by atoms with Crippen LogP contribution in [0.2, 0.25) is 0 Å². The zero-order valence-corrected chi connectivity index (χ0v) is 14.7. The van der Waals surface area contributed by atoms with Gasteiger partial charge in [-0.3, -0.25) is 4.79 Å². The molecule has 4 rings (SSSR count). The Morgan fingerprint density at radius 2 is 1.96 bits per heavy atom. The molecule has 1 aromatic heterocycles. The Kier molecular flexibility index (Phi) is 4.50. The van der Waals surface area contributed by atoms with Crippen molar-refractivity contribution in [2.24, 2.45) is 0 Å². The van der Waals surface area contributed by atoms with Crippen LogP contribution < -0.4 is 14.8 Å². The lowest BCUT2D eigenvalue weighted by atomic mass is 10.1. The number of hydrogen-bond acceptors (Lipinski definition) is 4. The van der Waals surface area contributed by atoms with Crippen LogP contribution in [0.15, 0.2) is 48.7 Å². The molecule has 27 heavy (non-hydrogen) atoms. The van der Waals surface area contributed by atoms with Gasteiger partial charge in [0.2, 0.25) is 0 Å². The molecule has 3 aromatic rings. The zero-order chi connectivity index (χ0) is 18.8. The maximum Gasteiger partial charge on any atom is 0.259 e. The van der Waals surface area contributed by atoms with Crippen LogP contribution in [0.3, 0.4) is 0 Å². The summed E-state index contributed by atoms with van der Waals surface area (Å²) in [5.41, 5.74) is 2.44. The Morgan fingerprint density at radius 3 is 2.74 bits per heavy atom. The third-order valence-electron chi connectivity index (χ3n) is 4.33. The van der Waals surface area contributed by atoms with Crippen molar-refractivity contribution in [1.82, 2.24) is 9.78 Å². The van der Waals surface area contributed by atoms with Gasteiger partial charge in [0.15, 0.2) is 11.5 Å². The third kappa shape index (κ3) is 3.23. The molecule has 0 fully saturated rings. The van der Waals surface area contributed by atoms with Gasteiger partial charge in [0.05, 0.1) is 28.8 Å². The second-order valence-electron chi connectivity index (χ2n) is 6.03. The molecule has 1 aliphatic heterocycles. The molecule has 0 saturated heterocycles. The van der Waals surface area contributed by atoms with Gasteiger partial charge in [0.25, 0.3) is 5.91 Å². The van der Waals surface area contributed by atoms with Crippen molar-refractivity contribution in [3.05, 3.63) is 65.7 Å². The van der Waals surface area contributed by atoms with Gasteiger partial charge < -0.3 is 14.8 Å². The minimum atomic E-state index is -0.321. The van der Waals surface area contributed by atoms with Crippen LogP contribution in [0.1, 0.15) is 23.0 Å². The number of anilines is 1. The molecular formula is C20H18FN3O3. The lowest BCUT2D eigenvalue weighted by molar-refractivity contribution is 0.102. The van der Waals surface area contributed by atoms with Gasteiger partial charge in [-0.05, 0) is 42.8 Å². The molecule has 0 unspecified atom stereocenters. The Balaban J connectivity index is 1.64. The molecule has 1 amide bonds. The minimum Gasteiger partial charge on any atom is -0.486 e. The van der Waals surface area contributed by atoms with Crippen LogP contribution in [-0.4, -0.2) is 28.9 Å². The average Bonchev–Trinajstić information content (AvgIpc) is 3.13.